The van der Waals surface area contributed by atoms with Crippen LogP contribution in [0.1, 0.15) is 24.4 Å². The van der Waals surface area contributed by atoms with Gasteiger partial charge in [-0.3, -0.25) is 19.5 Å². The standard InChI is InChI=1S/C22H19N5O5/c1-32-18-5-3-2-4-17(18)26-20-19(21(28)25(22(26)29)15-10-11-15)24(13-23-20)12-14-6-8-16(9-7-14)27(30)31/h2-9,13,15H,10-12H2,1H3. The van der Waals surface area contributed by atoms with Gasteiger partial charge in [-0.2, -0.15) is 0 Å². The summed E-state index contributed by atoms with van der Waals surface area (Å²) in [5.74, 6) is 0.488. The van der Waals surface area contributed by atoms with Gasteiger partial charge in [0.15, 0.2) is 11.2 Å². The number of nitro groups is 1. The van der Waals surface area contributed by atoms with Crippen molar-refractivity contribution in [2.45, 2.75) is 25.4 Å². The molecule has 0 atom stereocenters. The molecule has 0 amide bonds. The molecule has 2 heterocycles. The third-order valence-electron chi connectivity index (χ3n) is 5.59. The number of methoxy groups -OCH3 is 1. The summed E-state index contributed by atoms with van der Waals surface area (Å²) in [5, 5.41) is 10.9. The summed E-state index contributed by atoms with van der Waals surface area (Å²) in [6.45, 7) is 0.276. The maximum absolute atomic E-state index is 13.4. The summed E-state index contributed by atoms with van der Waals surface area (Å²) in [5.41, 5.74) is 0.949. The fourth-order valence-corrected chi connectivity index (χ4v) is 3.88. The van der Waals surface area contributed by atoms with Crippen molar-refractivity contribution < 1.29 is 9.66 Å². The zero-order chi connectivity index (χ0) is 22.4. The Balaban J connectivity index is 1.72. The number of benzene rings is 2. The average Bonchev–Trinajstić information content (AvgIpc) is 3.54. The molecule has 1 aliphatic rings. The van der Waals surface area contributed by atoms with E-state index in [4.69, 9.17) is 4.74 Å². The predicted octanol–water partition coefficient (Wildman–Crippen LogP) is 2.65. The lowest BCUT2D eigenvalue weighted by atomic mass is 10.2. The molecule has 1 aliphatic carbocycles. The molecule has 5 rings (SSSR count). The lowest BCUT2D eigenvalue weighted by Crippen LogP contribution is -2.39. The van der Waals surface area contributed by atoms with Gasteiger partial charge in [-0.15, -0.1) is 0 Å². The van der Waals surface area contributed by atoms with Crippen LogP contribution in [0.5, 0.6) is 5.75 Å². The SMILES string of the molecule is COc1ccccc1-n1c(=O)n(C2CC2)c(=O)c2c1ncn2Cc1ccc([N+](=O)[O-])cc1. The maximum atomic E-state index is 13.4. The molecule has 1 saturated carbocycles. The van der Waals surface area contributed by atoms with Gasteiger partial charge in [0.05, 0.1) is 24.0 Å². The number of ether oxygens (including phenoxy) is 1. The van der Waals surface area contributed by atoms with Gasteiger partial charge >= 0.3 is 5.69 Å². The molecule has 0 bridgehead atoms. The Morgan fingerprint density at radius 1 is 1.12 bits per heavy atom. The molecule has 2 aromatic heterocycles. The van der Waals surface area contributed by atoms with Crippen LogP contribution in [0.3, 0.4) is 0 Å². The number of aromatic nitrogens is 4. The first kappa shape index (κ1) is 19.7. The van der Waals surface area contributed by atoms with E-state index in [2.05, 4.69) is 4.98 Å². The molecule has 2 aromatic carbocycles. The Morgan fingerprint density at radius 3 is 2.50 bits per heavy atom. The fourth-order valence-electron chi connectivity index (χ4n) is 3.88. The van der Waals surface area contributed by atoms with Crippen molar-refractivity contribution in [1.29, 1.82) is 0 Å². The van der Waals surface area contributed by atoms with Crippen molar-refractivity contribution in [3.63, 3.8) is 0 Å². The summed E-state index contributed by atoms with van der Waals surface area (Å²) in [6.07, 6.45) is 3.04. The zero-order valence-corrected chi connectivity index (χ0v) is 17.2. The topological polar surface area (TPSA) is 114 Å². The molecular weight excluding hydrogens is 414 g/mol. The van der Waals surface area contributed by atoms with E-state index < -0.39 is 16.2 Å². The summed E-state index contributed by atoms with van der Waals surface area (Å²) in [7, 11) is 1.52. The van der Waals surface area contributed by atoms with Gasteiger partial charge in [0, 0.05) is 24.7 Å². The van der Waals surface area contributed by atoms with E-state index in [1.165, 1.54) is 34.7 Å². The lowest BCUT2D eigenvalue weighted by Gasteiger charge is -2.14. The minimum absolute atomic E-state index is 0.00894. The van der Waals surface area contributed by atoms with Crippen LogP contribution in [0.15, 0.2) is 64.4 Å². The normalized spacial score (nSPS) is 13.4. The van der Waals surface area contributed by atoms with E-state index in [1.807, 2.05) is 0 Å². The minimum atomic E-state index is -0.462. The minimum Gasteiger partial charge on any atom is -0.495 e. The Morgan fingerprint density at radius 2 is 1.84 bits per heavy atom. The molecule has 10 nitrogen and oxygen atoms in total. The molecule has 0 aliphatic heterocycles. The number of nitro benzene ring substituents is 1. The second-order valence-electron chi connectivity index (χ2n) is 7.66. The van der Waals surface area contributed by atoms with Crippen molar-refractivity contribution in [1.82, 2.24) is 18.7 Å². The van der Waals surface area contributed by atoms with Gasteiger partial charge in [-0.05, 0) is 30.5 Å². The van der Waals surface area contributed by atoms with E-state index in [1.54, 1.807) is 41.0 Å². The molecule has 0 N–H and O–H groups in total. The fraction of sp³-hybridized carbons (Fsp3) is 0.227. The first-order valence-corrected chi connectivity index (χ1v) is 10.1. The van der Waals surface area contributed by atoms with Gasteiger partial charge < -0.3 is 9.30 Å². The number of imidazole rings is 1. The second kappa shape index (κ2) is 7.49. The van der Waals surface area contributed by atoms with E-state index in [-0.39, 0.29) is 23.9 Å². The van der Waals surface area contributed by atoms with Crippen molar-refractivity contribution in [2.24, 2.45) is 0 Å². The molecule has 4 aromatic rings. The van der Waals surface area contributed by atoms with Crippen LogP contribution in [0.4, 0.5) is 5.69 Å². The number of nitrogens with zero attached hydrogens (tertiary/aromatic N) is 5. The van der Waals surface area contributed by atoms with Crippen molar-refractivity contribution >= 4 is 16.9 Å². The quantitative estimate of drug-likeness (QED) is 0.341. The third kappa shape index (κ3) is 3.16. The van der Waals surface area contributed by atoms with Crippen LogP contribution >= 0.6 is 0 Å². The molecule has 0 saturated heterocycles. The molecule has 1 fully saturated rings. The Hall–Kier alpha value is -4.21. The van der Waals surface area contributed by atoms with Crippen molar-refractivity contribution in [2.75, 3.05) is 7.11 Å². The highest BCUT2D eigenvalue weighted by molar-refractivity contribution is 5.73. The van der Waals surface area contributed by atoms with Crippen LogP contribution in [0.25, 0.3) is 16.9 Å². The third-order valence-corrected chi connectivity index (χ3v) is 5.59. The first-order valence-electron chi connectivity index (χ1n) is 10.1. The molecule has 162 valence electrons. The van der Waals surface area contributed by atoms with Crippen molar-refractivity contribution in [3.8, 4) is 11.4 Å². The number of para-hydroxylation sites is 2. The predicted molar refractivity (Wildman–Crippen MR) is 117 cm³/mol. The molecule has 32 heavy (non-hydrogen) atoms. The average molecular weight is 433 g/mol. The summed E-state index contributed by atoms with van der Waals surface area (Å²) < 4.78 is 9.83. The molecule has 10 heteroatoms. The summed E-state index contributed by atoms with van der Waals surface area (Å²) in [4.78, 5) is 41.6. The van der Waals surface area contributed by atoms with Crippen LogP contribution in [0, 0.1) is 10.1 Å². The summed E-state index contributed by atoms with van der Waals surface area (Å²) >= 11 is 0. The number of non-ortho nitro benzene ring substituents is 1. The zero-order valence-electron chi connectivity index (χ0n) is 17.2. The van der Waals surface area contributed by atoms with E-state index in [9.17, 15) is 19.7 Å². The largest absolute Gasteiger partial charge is 0.495 e. The van der Waals surface area contributed by atoms with Crippen LogP contribution in [0.2, 0.25) is 0 Å². The van der Waals surface area contributed by atoms with Gasteiger partial charge in [-0.25, -0.2) is 14.3 Å². The van der Waals surface area contributed by atoms with Crippen LogP contribution < -0.4 is 16.0 Å². The molecule has 0 unspecified atom stereocenters. The Kier molecular flexibility index (Phi) is 4.62. The number of hydrogen-bond acceptors (Lipinski definition) is 6. The van der Waals surface area contributed by atoms with Crippen LogP contribution in [-0.2, 0) is 6.54 Å². The van der Waals surface area contributed by atoms with Gasteiger partial charge in [0.1, 0.15) is 5.75 Å². The van der Waals surface area contributed by atoms with E-state index in [0.717, 1.165) is 18.4 Å². The number of fused-ring (bicyclic) bond motifs is 1. The van der Waals surface area contributed by atoms with Gasteiger partial charge in [0.25, 0.3) is 11.2 Å². The van der Waals surface area contributed by atoms with E-state index >= 15 is 0 Å². The van der Waals surface area contributed by atoms with Gasteiger partial charge in [-0.1, -0.05) is 24.3 Å². The second-order valence-corrected chi connectivity index (χ2v) is 7.66. The first-order chi connectivity index (χ1) is 15.5. The smallest absolute Gasteiger partial charge is 0.337 e. The highest BCUT2D eigenvalue weighted by Gasteiger charge is 2.31. The van der Waals surface area contributed by atoms with Crippen molar-refractivity contribution in [3.05, 3.63) is 91.4 Å². The highest BCUT2D eigenvalue weighted by Crippen LogP contribution is 2.33. The molecule has 0 spiro atoms. The molecular formula is C22H19N5O5. The maximum Gasteiger partial charge on any atom is 0.337 e. The monoisotopic (exact) mass is 433 g/mol. The Bertz CT molecular complexity index is 1460. The molecule has 0 radical (unpaired) electrons. The lowest BCUT2D eigenvalue weighted by molar-refractivity contribution is -0.384. The highest BCUT2D eigenvalue weighted by atomic mass is 16.6. The van der Waals surface area contributed by atoms with E-state index in [0.29, 0.717) is 17.0 Å². The van der Waals surface area contributed by atoms with Crippen LogP contribution in [-0.4, -0.2) is 30.7 Å². The van der Waals surface area contributed by atoms with Gasteiger partial charge in [0.2, 0.25) is 0 Å². The summed E-state index contributed by atoms with van der Waals surface area (Å²) in [6, 6.07) is 13.1. The number of hydrogen-bond donors (Lipinski definition) is 0. The Labute approximate surface area is 181 Å². The number of rotatable bonds is 6.